The van der Waals surface area contributed by atoms with E-state index in [1.165, 1.54) is 13.8 Å². The van der Waals surface area contributed by atoms with E-state index in [0.29, 0.717) is 32.5 Å². The minimum absolute atomic E-state index is 0.0246. The normalized spacial score (nSPS) is 16.6. The number of fused-ring (bicyclic) bond motifs is 1. The number of carboxylic acid groups (broad SMARTS) is 1. The van der Waals surface area contributed by atoms with Crippen LogP contribution < -0.4 is 16.0 Å². The quantitative estimate of drug-likeness (QED) is 0.388. The summed E-state index contributed by atoms with van der Waals surface area (Å²) in [6, 6.07) is 16.0. The summed E-state index contributed by atoms with van der Waals surface area (Å²) in [5, 5.41) is 16.9. The van der Waals surface area contributed by atoms with Crippen molar-refractivity contribution in [1.82, 2.24) is 20.4 Å². The second-order valence-electron chi connectivity index (χ2n) is 10.4. The molecule has 11 heteroatoms. The van der Waals surface area contributed by atoms with Crippen LogP contribution >= 0.6 is 0 Å². The molecule has 2 aliphatic heterocycles. The Morgan fingerprint density at radius 3 is 2.44 bits per heavy atom. The van der Waals surface area contributed by atoms with Gasteiger partial charge in [0.1, 0.15) is 11.6 Å². The zero-order valence-corrected chi connectivity index (χ0v) is 22.2. The number of hydrogen-bond donors (Lipinski definition) is 4. The maximum absolute atomic E-state index is 13.5. The smallest absolute Gasteiger partial charge is 0.405 e. The van der Waals surface area contributed by atoms with Gasteiger partial charge in [0.15, 0.2) is 0 Å². The molecule has 1 saturated heterocycles. The minimum Gasteiger partial charge on any atom is -0.465 e. The molecule has 0 radical (unpaired) electrons. The van der Waals surface area contributed by atoms with Crippen molar-refractivity contribution in [3.05, 3.63) is 65.7 Å². The summed E-state index contributed by atoms with van der Waals surface area (Å²) in [4.78, 5) is 53.8. The molecule has 2 heterocycles. The third kappa shape index (κ3) is 7.05. The molecule has 1 unspecified atom stereocenters. The summed E-state index contributed by atoms with van der Waals surface area (Å²) >= 11 is 0. The Kier molecular flexibility index (Phi) is 8.70. The molecular weight excluding hydrogens is 502 g/mol. The first kappa shape index (κ1) is 27.9. The number of likely N-dealkylation sites (tertiary alicyclic amines) is 1. The Morgan fingerprint density at radius 2 is 1.74 bits per heavy atom. The predicted octanol–water partition coefficient (Wildman–Crippen LogP) is 2.77. The molecule has 0 bridgehead atoms. The molecule has 0 aliphatic carbocycles. The van der Waals surface area contributed by atoms with Crippen LogP contribution in [0.15, 0.2) is 54.6 Å². The van der Waals surface area contributed by atoms with Crippen LogP contribution in [-0.4, -0.2) is 76.2 Å². The summed E-state index contributed by atoms with van der Waals surface area (Å²) in [5.41, 5.74) is 1.34. The highest BCUT2D eigenvalue weighted by Crippen LogP contribution is 2.27. The molecule has 208 valence electrons. The molecule has 4 rings (SSSR count). The van der Waals surface area contributed by atoms with Gasteiger partial charge < -0.3 is 35.6 Å². The van der Waals surface area contributed by atoms with Gasteiger partial charge in [-0.2, -0.15) is 0 Å². The second-order valence-corrected chi connectivity index (χ2v) is 10.4. The molecule has 4 N–H and O–H groups in total. The number of carbonyl (C=O) groups is 4. The number of hydrogen-bond acceptors (Lipinski definition) is 5. The van der Waals surface area contributed by atoms with Crippen LogP contribution in [0.1, 0.15) is 37.8 Å². The summed E-state index contributed by atoms with van der Waals surface area (Å²) in [5.74, 6) is -0.945. The van der Waals surface area contributed by atoms with E-state index in [9.17, 15) is 19.2 Å². The number of rotatable bonds is 9. The second kappa shape index (κ2) is 12.2. The molecule has 2 aliphatic rings. The highest BCUT2D eigenvalue weighted by atomic mass is 16.5. The van der Waals surface area contributed by atoms with E-state index in [0.717, 1.165) is 16.8 Å². The van der Waals surface area contributed by atoms with E-state index < -0.39 is 23.6 Å². The lowest BCUT2D eigenvalue weighted by atomic mass is 10.00. The number of anilines is 1. The van der Waals surface area contributed by atoms with E-state index in [4.69, 9.17) is 9.84 Å². The van der Waals surface area contributed by atoms with E-state index in [2.05, 4.69) is 16.0 Å². The van der Waals surface area contributed by atoms with Gasteiger partial charge in [0.05, 0.1) is 13.2 Å². The van der Waals surface area contributed by atoms with E-state index in [1.54, 1.807) is 4.90 Å². The van der Waals surface area contributed by atoms with Crippen LogP contribution in [0.3, 0.4) is 0 Å². The predicted molar refractivity (Wildman–Crippen MR) is 144 cm³/mol. The molecule has 2 aromatic carbocycles. The third-order valence-corrected chi connectivity index (χ3v) is 7.06. The lowest BCUT2D eigenvalue weighted by Gasteiger charge is -2.41. The number of nitrogens with one attached hydrogen (secondary N) is 3. The van der Waals surface area contributed by atoms with Gasteiger partial charge in [-0.3, -0.25) is 9.59 Å². The number of nitrogens with zero attached hydrogens (tertiary/aromatic N) is 2. The Labute approximate surface area is 227 Å². The van der Waals surface area contributed by atoms with Crippen molar-refractivity contribution in [3.63, 3.8) is 0 Å². The molecule has 5 amide bonds. The van der Waals surface area contributed by atoms with Crippen LogP contribution in [0, 0.1) is 0 Å². The third-order valence-electron chi connectivity index (χ3n) is 7.06. The highest BCUT2D eigenvalue weighted by molar-refractivity contribution is 5.94. The number of urea groups is 1. The summed E-state index contributed by atoms with van der Waals surface area (Å²) in [6.07, 6.45) is -0.150. The molecular formula is C28H35N5O6. The number of piperidine rings is 1. The van der Waals surface area contributed by atoms with Gasteiger partial charge in [0.25, 0.3) is 0 Å². The maximum atomic E-state index is 13.5. The first-order chi connectivity index (χ1) is 18.6. The first-order valence-corrected chi connectivity index (χ1v) is 13.0. The number of ether oxygens (including phenoxy) is 1. The summed E-state index contributed by atoms with van der Waals surface area (Å²) < 4.78 is 5.79. The first-order valence-electron chi connectivity index (χ1n) is 13.0. The van der Waals surface area contributed by atoms with Gasteiger partial charge in [-0.25, -0.2) is 9.59 Å². The van der Waals surface area contributed by atoms with Crippen molar-refractivity contribution in [3.8, 4) is 0 Å². The van der Waals surface area contributed by atoms with Gasteiger partial charge >= 0.3 is 12.1 Å². The highest BCUT2D eigenvalue weighted by Gasteiger charge is 2.37. The standard InChI is InChI=1S/C28H35N5O6/c1-28(2,31-27(37)38)25(35)29-23(18-39-17-19-8-4-3-5-9-19)24(34)32-14-12-21(13-15-32)33-16-20-10-6-7-11-22(20)30-26(33)36/h3-11,21,23,31H,12-18H2,1-2H3,(H,29,35)(H,30,36)(H,37,38). The van der Waals surface area contributed by atoms with Crippen molar-refractivity contribution in [2.45, 2.75) is 57.5 Å². The van der Waals surface area contributed by atoms with Crippen molar-refractivity contribution >= 4 is 29.6 Å². The molecule has 11 nitrogen and oxygen atoms in total. The van der Waals surface area contributed by atoms with Crippen LogP contribution in [0.25, 0.3) is 0 Å². The summed E-state index contributed by atoms with van der Waals surface area (Å²) in [7, 11) is 0. The van der Waals surface area contributed by atoms with Crippen molar-refractivity contribution in [2.24, 2.45) is 0 Å². The lowest BCUT2D eigenvalue weighted by molar-refractivity contribution is -0.140. The van der Waals surface area contributed by atoms with Gasteiger partial charge in [-0.05, 0) is 43.9 Å². The topological polar surface area (TPSA) is 140 Å². The number of amides is 5. The van der Waals surface area contributed by atoms with Crippen molar-refractivity contribution < 1.29 is 29.0 Å². The number of para-hydroxylation sites is 1. The van der Waals surface area contributed by atoms with Gasteiger partial charge in [-0.15, -0.1) is 0 Å². The number of benzene rings is 2. The Morgan fingerprint density at radius 1 is 1.08 bits per heavy atom. The van der Waals surface area contributed by atoms with Crippen molar-refractivity contribution in [1.29, 1.82) is 0 Å². The zero-order valence-electron chi connectivity index (χ0n) is 22.2. The molecule has 1 fully saturated rings. The van der Waals surface area contributed by atoms with Crippen LogP contribution in [-0.2, 0) is 27.5 Å². The molecule has 0 spiro atoms. The van der Waals surface area contributed by atoms with Crippen LogP contribution in [0.5, 0.6) is 0 Å². The SMILES string of the molecule is CC(C)(NC(=O)O)C(=O)NC(COCc1ccccc1)C(=O)N1CCC(N2Cc3ccccc3NC2=O)CC1. The fourth-order valence-corrected chi connectivity index (χ4v) is 4.84. The summed E-state index contributed by atoms with van der Waals surface area (Å²) in [6.45, 7) is 4.37. The largest absolute Gasteiger partial charge is 0.465 e. The average molecular weight is 538 g/mol. The Hall–Kier alpha value is -4.12. The molecule has 0 aromatic heterocycles. The minimum atomic E-state index is -1.45. The maximum Gasteiger partial charge on any atom is 0.405 e. The van der Waals surface area contributed by atoms with Crippen LogP contribution in [0.2, 0.25) is 0 Å². The fraction of sp³-hybridized carbons (Fsp3) is 0.429. The van der Waals surface area contributed by atoms with E-state index >= 15 is 0 Å². The number of carbonyl (C=O) groups excluding carboxylic acids is 3. The fourth-order valence-electron chi connectivity index (χ4n) is 4.84. The lowest BCUT2D eigenvalue weighted by Crippen LogP contribution is -2.61. The zero-order chi connectivity index (χ0) is 28.0. The van der Waals surface area contributed by atoms with E-state index in [1.807, 2.05) is 59.5 Å². The van der Waals surface area contributed by atoms with Gasteiger partial charge in [-0.1, -0.05) is 48.5 Å². The molecule has 39 heavy (non-hydrogen) atoms. The van der Waals surface area contributed by atoms with E-state index in [-0.39, 0.29) is 31.2 Å². The average Bonchev–Trinajstić information content (AvgIpc) is 2.91. The van der Waals surface area contributed by atoms with Gasteiger partial charge in [0.2, 0.25) is 11.8 Å². The molecule has 0 saturated carbocycles. The molecule has 2 aromatic rings. The monoisotopic (exact) mass is 537 g/mol. The Balaban J connectivity index is 1.39. The molecule has 1 atom stereocenters. The Bertz CT molecular complexity index is 1200. The van der Waals surface area contributed by atoms with Crippen LogP contribution in [0.4, 0.5) is 15.3 Å². The van der Waals surface area contributed by atoms with Crippen molar-refractivity contribution in [2.75, 3.05) is 25.0 Å². The van der Waals surface area contributed by atoms with Gasteiger partial charge in [0, 0.05) is 31.4 Å².